The van der Waals surface area contributed by atoms with Gasteiger partial charge >= 0.3 is 0 Å². The predicted octanol–water partition coefficient (Wildman–Crippen LogP) is 9.55. The number of hydrogen-bond acceptors (Lipinski definition) is 1. The van der Waals surface area contributed by atoms with Crippen molar-refractivity contribution in [3.05, 3.63) is 143 Å². The van der Waals surface area contributed by atoms with Gasteiger partial charge in [-0.2, -0.15) is 0 Å². The third-order valence-electron chi connectivity index (χ3n) is 8.13. The Morgan fingerprint density at radius 1 is 0.600 bits per heavy atom. The number of para-hydroxylation sites is 1. The summed E-state index contributed by atoms with van der Waals surface area (Å²) in [5, 5.41) is 1.11. The highest BCUT2D eigenvalue weighted by Gasteiger charge is 2.25. The Morgan fingerprint density at radius 2 is 1.20 bits per heavy atom. The van der Waals surface area contributed by atoms with Gasteiger partial charge < -0.3 is 13.6 Å². The van der Waals surface area contributed by atoms with E-state index in [2.05, 4.69) is 132 Å². The molecule has 3 heteroatoms. The average Bonchev–Trinajstić information content (AvgIpc) is 3.74. The molecule has 0 amide bonds. The molecule has 3 heterocycles. The molecule has 0 atom stereocenters. The molecule has 0 radical (unpaired) electrons. The fraction of sp³-hybridized carbons (Fsp3) is 0.0811. The molecular formula is C37H28N2O. The van der Waals surface area contributed by atoms with Crippen LogP contribution in [0.25, 0.3) is 56.5 Å². The summed E-state index contributed by atoms with van der Waals surface area (Å²) in [5.74, 6) is 0.863. The lowest BCUT2D eigenvalue weighted by Crippen LogP contribution is -2.00. The lowest BCUT2D eigenvalue weighted by molar-refractivity contribution is 0.627. The normalized spacial score (nSPS) is 12.8. The van der Waals surface area contributed by atoms with Crippen LogP contribution in [0.4, 0.5) is 0 Å². The zero-order chi connectivity index (χ0) is 26.8. The molecule has 7 aromatic rings. The van der Waals surface area contributed by atoms with E-state index in [1.165, 1.54) is 33.5 Å². The Hall–Kier alpha value is -5.02. The lowest BCUT2D eigenvalue weighted by Gasteiger charge is -2.12. The summed E-state index contributed by atoms with van der Waals surface area (Å²) in [6, 6.07) is 41.3. The Bertz CT molecular complexity index is 2050. The van der Waals surface area contributed by atoms with Gasteiger partial charge in [-0.1, -0.05) is 77.9 Å². The SMILES string of the molecule is Cc1ccc(-n2c(C3=Cc4ccccc4C3)cc3c2cc(-c2cc4ccccc4o2)n3-c2ccc(C)cc2)cc1. The quantitative estimate of drug-likeness (QED) is 0.228. The van der Waals surface area contributed by atoms with Crippen LogP contribution in [0, 0.1) is 13.8 Å². The Labute approximate surface area is 233 Å². The van der Waals surface area contributed by atoms with Crippen LogP contribution in [0.3, 0.4) is 0 Å². The highest BCUT2D eigenvalue weighted by molar-refractivity contribution is 5.97. The van der Waals surface area contributed by atoms with Crippen LogP contribution in [0.1, 0.15) is 27.9 Å². The van der Waals surface area contributed by atoms with E-state index in [0.717, 1.165) is 51.3 Å². The van der Waals surface area contributed by atoms with E-state index in [9.17, 15) is 0 Å². The number of furan rings is 1. The first kappa shape index (κ1) is 22.9. The molecule has 0 unspecified atom stereocenters. The van der Waals surface area contributed by atoms with E-state index in [0.29, 0.717) is 0 Å². The van der Waals surface area contributed by atoms with Crippen molar-refractivity contribution in [3.8, 4) is 22.8 Å². The fourth-order valence-electron chi connectivity index (χ4n) is 6.07. The van der Waals surface area contributed by atoms with Crippen LogP contribution >= 0.6 is 0 Å². The smallest absolute Gasteiger partial charge is 0.152 e. The van der Waals surface area contributed by atoms with Crippen LogP contribution in [0.15, 0.2) is 120 Å². The molecule has 3 aromatic heterocycles. The Morgan fingerprint density at radius 3 is 1.88 bits per heavy atom. The summed E-state index contributed by atoms with van der Waals surface area (Å²) < 4.78 is 11.2. The number of nitrogens with zero attached hydrogens (tertiary/aromatic N) is 2. The van der Waals surface area contributed by atoms with Crippen molar-refractivity contribution < 1.29 is 4.42 Å². The lowest BCUT2D eigenvalue weighted by atomic mass is 10.1. The molecule has 1 aliphatic carbocycles. The first-order chi connectivity index (χ1) is 19.6. The van der Waals surface area contributed by atoms with Gasteiger partial charge in [-0.25, -0.2) is 0 Å². The van der Waals surface area contributed by atoms with Crippen LogP contribution in [0.2, 0.25) is 0 Å². The van der Waals surface area contributed by atoms with Crippen LogP contribution in [-0.4, -0.2) is 9.13 Å². The maximum atomic E-state index is 6.43. The minimum absolute atomic E-state index is 0.863. The Kier molecular flexibility index (Phi) is 5.02. The minimum Gasteiger partial charge on any atom is -0.455 e. The zero-order valence-electron chi connectivity index (χ0n) is 22.6. The summed E-state index contributed by atoms with van der Waals surface area (Å²) in [6.07, 6.45) is 3.28. The summed E-state index contributed by atoms with van der Waals surface area (Å²) in [7, 11) is 0. The molecule has 0 N–H and O–H groups in total. The minimum atomic E-state index is 0.863. The van der Waals surface area contributed by atoms with Gasteiger partial charge in [0.15, 0.2) is 5.76 Å². The molecule has 0 aliphatic heterocycles. The van der Waals surface area contributed by atoms with E-state index in [1.54, 1.807) is 0 Å². The molecule has 40 heavy (non-hydrogen) atoms. The predicted molar refractivity (Wildman–Crippen MR) is 165 cm³/mol. The largest absolute Gasteiger partial charge is 0.455 e. The first-order valence-corrected chi connectivity index (χ1v) is 13.8. The van der Waals surface area contributed by atoms with Crippen LogP contribution < -0.4 is 0 Å². The second kappa shape index (κ2) is 8.75. The number of rotatable bonds is 4. The van der Waals surface area contributed by atoms with Gasteiger partial charge in [-0.15, -0.1) is 0 Å². The third kappa shape index (κ3) is 3.59. The first-order valence-electron chi connectivity index (χ1n) is 13.8. The average molecular weight is 517 g/mol. The Balaban J connectivity index is 1.43. The van der Waals surface area contributed by atoms with Crippen molar-refractivity contribution in [1.29, 1.82) is 0 Å². The molecule has 0 saturated carbocycles. The summed E-state index contributed by atoms with van der Waals surface area (Å²) in [6.45, 7) is 4.27. The van der Waals surface area contributed by atoms with Gasteiger partial charge in [-0.05, 0) is 85.2 Å². The number of aryl methyl sites for hydroxylation is 2. The molecule has 0 spiro atoms. The molecule has 8 rings (SSSR count). The highest BCUT2D eigenvalue weighted by atomic mass is 16.3. The second-order valence-electron chi connectivity index (χ2n) is 10.9. The van der Waals surface area contributed by atoms with Gasteiger partial charge in [0.1, 0.15) is 5.58 Å². The molecule has 0 saturated heterocycles. The van der Waals surface area contributed by atoms with E-state index >= 15 is 0 Å². The van der Waals surface area contributed by atoms with Crippen molar-refractivity contribution in [2.75, 3.05) is 0 Å². The molecule has 1 aliphatic rings. The van der Waals surface area contributed by atoms with Crippen LogP contribution in [0.5, 0.6) is 0 Å². The molecule has 192 valence electrons. The van der Waals surface area contributed by atoms with Gasteiger partial charge in [0.05, 0.1) is 22.4 Å². The monoisotopic (exact) mass is 516 g/mol. The molecular weight excluding hydrogens is 488 g/mol. The van der Waals surface area contributed by atoms with E-state index in [-0.39, 0.29) is 0 Å². The van der Waals surface area contributed by atoms with Crippen molar-refractivity contribution in [2.45, 2.75) is 20.3 Å². The maximum absolute atomic E-state index is 6.43. The van der Waals surface area contributed by atoms with Gasteiger partial charge in [-0.3, -0.25) is 0 Å². The van der Waals surface area contributed by atoms with Crippen molar-refractivity contribution >= 4 is 33.7 Å². The number of hydrogen-bond donors (Lipinski definition) is 0. The number of benzene rings is 4. The van der Waals surface area contributed by atoms with Crippen molar-refractivity contribution in [2.24, 2.45) is 0 Å². The molecule has 0 bridgehead atoms. The van der Waals surface area contributed by atoms with E-state index in [4.69, 9.17) is 4.42 Å². The third-order valence-corrected chi connectivity index (χ3v) is 8.13. The van der Waals surface area contributed by atoms with Crippen molar-refractivity contribution in [3.63, 3.8) is 0 Å². The molecule has 0 fully saturated rings. The summed E-state index contributed by atoms with van der Waals surface area (Å²) >= 11 is 0. The topological polar surface area (TPSA) is 23.0 Å². The molecule has 3 nitrogen and oxygen atoms in total. The van der Waals surface area contributed by atoms with Gasteiger partial charge in [0.25, 0.3) is 0 Å². The van der Waals surface area contributed by atoms with Crippen molar-refractivity contribution in [1.82, 2.24) is 9.13 Å². The fourth-order valence-corrected chi connectivity index (χ4v) is 6.07. The number of allylic oxidation sites excluding steroid dienone is 1. The van der Waals surface area contributed by atoms with Gasteiger partial charge in [0.2, 0.25) is 0 Å². The second-order valence-corrected chi connectivity index (χ2v) is 10.9. The maximum Gasteiger partial charge on any atom is 0.152 e. The van der Waals surface area contributed by atoms with E-state index < -0.39 is 0 Å². The summed E-state index contributed by atoms with van der Waals surface area (Å²) in [4.78, 5) is 0. The number of aromatic nitrogens is 2. The zero-order valence-corrected chi connectivity index (χ0v) is 22.6. The summed E-state index contributed by atoms with van der Waals surface area (Å²) in [5.41, 5.74) is 14.3. The molecule has 4 aromatic carbocycles. The standard InChI is InChI=1S/C37H28N2O/c1-24-11-15-30(16-12-24)38-32(29-19-26-7-3-4-8-27(26)20-29)22-33-34(38)23-35(39(33)31-17-13-25(2)14-18-31)37-21-28-9-5-6-10-36(28)40-37/h3-19,21-23H,20H2,1-2H3. The van der Waals surface area contributed by atoms with E-state index in [1.807, 2.05) is 12.1 Å². The van der Waals surface area contributed by atoms with Gasteiger partial charge in [0, 0.05) is 23.2 Å². The highest BCUT2D eigenvalue weighted by Crippen LogP contribution is 2.41. The number of fused-ring (bicyclic) bond motifs is 3. The van der Waals surface area contributed by atoms with Crippen LogP contribution in [-0.2, 0) is 6.42 Å².